The van der Waals surface area contributed by atoms with Crippen LogP contribution >= 0.6 is 0 Å². The van der Waals surface area contributed by atoms with Crippen LogP contribution in [0.4, 0.5) is 5.69 Å². The Hall–Kier alpha value is -2.95. The molecule has 0 saturated heterocycles. The molecule has 3 rings (SSSR count). The molecule has 30 heavy (non-hydrogen) atoms. The molecule has 3 aromatic rings. The summed E-state index contributed by atoms with van der Waals surface area (Å²) in [5.74, 6) is 0.610. The van der Waals surface area contributed by atoms with Gasteiger partial charge in [-0.3, -0.25) is 0 Å². The van der Waals surface area contributed by atoms with Gasteiger partial charge in [-0.1, -0.05) is 75.4 Å². The molecule has 3 N–H and O–H groups in total. The quantitative estimate of drug-likeness (QED) is 0.531. The van der Waals surface area contributed by atoms with Crippen molar-refractivity contribution < 1.29 is 15.4 Å². The largest absolute Gasteiger partial charge is 0.482 e. The summed E-state index contributed by atoms with van der Waals surface area (Å²) in [4.78, 5) is 4.81. The van der Waals surface area contributed by atoms with Crippen molar-refractivity contribution in [3.05, 3.63) is 83.1 Å². The molecule has 0 atom stereocenters. The Kier molecular flexibility index (Phi) is 6.70. The normalized spacial score (nSPS) is 11.8. The van der Waals surface area contributed by atoms with Crippen LogP contribution in [-0.2, 0) is 12.0 Å². The summed E-state index contributed by atoms with van der Waals surface area (Å²) in [6.07, 6.45) is 3.80. The summed E-state index contributed by atoms with van der Waals surface area (Å²) in [7, 11) is 0. The van der Waals surface area contributed by atoms with Crippen LogP contribution in [0.3, 0.4) is 0 Å². The first kappa shape index (κ1) is 21.8. The highest BCUT2D eigenvalue weighted by molar-refractivity contribution is 5.72. The lowest BCUT2D eigenvalue weighted by Crippen LogP contribution is -2.74. The number of hydrogen-bond acceptors (Lipinski definition) is 3. The van der Waals surface area contributed by atoms with Crippen molar-refractivity contribution in [1.29, 1.82) is 0 Å². The van der Waals surface area contributed by atoms with Gasteiger partial charge in [0.1, 0.15) is 12.3 Å². The van der Waals surface area contributed by atoms with Crippen LogP contribution in [0, 0.1) is 6.92 Å². The molecule has 0 amide bonds. The third kappa shape index (κ3) is 4.96. The monoisotopic (exact) mass is 403 g/mol. The summed E-state index contributed by atoms with van der Waals surface area (Å²) in [6, 6.07) is 18.4. The Balaban J connectivity index is 2.05. The van der Waals surface area contributed by atoms with E-state index in [0.29, 0.717) is 23.7 Å². The predicted molar refractivity (Wildman–Crippen MR) is 122 cm³/mol. The summed E-state index contributed by atoms with van der Waals surface area (Å²) in [5.41, 5.74) is 7.83. The molecule has 0 saturated carbocycles. The maximum atomic E-state index is 9.89. The summed E-state index contributed by atoms with van der Waals surface area (Å²) in [6.45, 7) is 11.1. The third-order valence-corrected chi connectivity index (χ3v) is 5.11. The van der Waals surface area contributed by atoms with Gasteiger partial charge in [0, 0.05) is 11.6 Å². The second-order valence-electron chi connectivity index (χ2n) is 8.49. The Morgan fingerprint density at radius 3 is 2.40 bits per heavy atom. The Bertz CT molecular complexity index is 1030. The summed E-state index contributed by atoms with van der Waals surface area (Å²) in [5, 5.41) is 9.89. The fraction of sp³-hybridized carbons (Fsp3) is 0.269. The van der Waals surface area contributed by atoms with Crippen LogP contribution in [0.2, 0.25) is 0 Å². The van der Waals surface area contributed by atoms with Gasteiger partial charge in [0.25, 0.3) is 0 Å². The molecule has 156 valence electrons. The van der Waals surface area contributed by atoms with Crippen LogP contribution in [0.5, 0.6) is 5.75 Å². The Labute approximate surface area is 179 Å². The van der Waals surface area contributed by atoms with Crippen molar-refractivity contribution >= 4 is 11.8 Å². The number of benzene rings is 2. The maximum absolute atomic E-state index is 9.89. The molecule has 1 heterocycles. The predicted octanol–water partition coefficient (Wildman–Crippen LogP) is 5.55. The van der Waals surface area contributed by atoms with Gasteiger partial charge in [0.05, 0.1) is 5.69 Å². The van der Waals surface area contributed by atoms with Crippen LogP contribution in [0.25, 0.3) is 17.3 Å². The lowest BCUT2D eigenvalue weighted by Gasteiger charge is -2.21. The van der Waals surface area contributed by atoms with E-state index in [1.165, 1.54) is 5.56 Å². The zero-order chi connectivity index (χ0) is 21.7. The third-order valence-electron chi connectivity index (χ3n) is 5.11. The van der Waals surface area contributed by atoms with E-state index >= 15 is 0 Å². The van der Waals surface area contributed by atoms with Gasteiger partial charge in [0.15, 0.2) is 5.75 Å². The van der Waals surface area contributed by atoms with Crippen molar-refractivity contribution in [1.82, 2.24) is 4.98 Å². The molecule has 0 unspecified atom stereocenters. The minimum Gasteiger partial charge on any atom is -0.482 e. The fourth-order valence-electron chi connectivity index (χ4n) is 3.38. The topological polar surface area (TPSA) is 59.0 Å². The van der Waals surface area contributed by atoms with Crippen LogP contribution in [0.15, 0.2) is 60.7 Å². The Morgan fingerprint density at radius 1 is 1.07 bits per heavy atom. The van der Waals surface area contributed by atoms with E-state index < -0.39 is 0 Å². The van der Waals surface area contributed by atoms with E-state index in [1.807, 2.05) is 55.5 Å². The van der Waals surface area contributed by atoms with Crippen molar-refractivity contribution in [3.63, 3.8) is 0 Å². The number of ether oxygens (including phenoxy) is 1. The lowest BCUT2D eigenvalue weighted by atomic mass is 9.85. The molecule has 0 aliphatic heterocycles. The van der Waals surface area contributed by atoms with Gasteiger partial charge in [-0.2, -0.15) is 5.48 Å². The van der Waals surface area contributed by atoms with Gasteiger partial charge in [-0.05, 0) is 42.0 Å². The number of allylic oxidation sites excluding steroid dienone is 1. The lowest BCUT2D eigenvalue weighted by molar-refractivity contribution is -0.826. The fourth-order valence-corrected chi connectivity index (χ4v) is 3.38. The van der Waals surface area contributed by atoms with E-state index in [-0.39, 0.29) is 5.41 Å². The second-order valence-corrected chi connectivity index (χ2v) is 8.49. The Morgan fingerprint density at radius 2 is 1.80 bits per heavy atom. The number of aromatic nitrogens is 1. The van der Waals surface area contributed by atoms with E-state index in [0.717, 1.165) is 27.9 Å². The zero-order valence-corrected chi connectivity index (χ0v) is 18.4. The number of aryl methyl sites for hydroxylation is 1. The number of hydrogen-bond donors (Lipinski definition) is 2. The van der Waals surface area contributed by atoms with E-state index in [4.69, 9.17) is 9.72 Å². The first-order valence-corrected chi connectivity index (χ1v) is 10.3. The molecular weight excluding hydrogens is 372 g/mol. The number of pyridine rings is 1. The maximum Gasteiger partial charge on any atom is 0.230 e. The van der Waals surface area contributed by atoms with Crippen LogP contribution in [-0.4, -0.2) is 10.2 Å². The highest BCUT2D eigenvalue weighted by Gasteiger charge is 2.20. The van der Waals surface area contributed by atoms with Gasteiger partial charge >= 0.3 is 0 Å². The molecule has 0 aliphatic rings. The number of nitrogens with zero attached hydrogens (tertiary/aromatic N) is 1. The highest BCUT2D eigenvalue weighted by Crippen LogP contribution is 2.34. The SMILES string of the molecule is C/C=C\c1nc(-c2ccc(C(C)(C)C)cc2C)cc(OCc2ccccc2)c1[NH2+]O. The molecule has 2 aromatic carbocycles. The minimum atomic E-state index is 0.0898. The van der Waals surface area contributed by atoms with Gasteiger partial charge in [0.2, 0.25) is 5.69 Å². The van der Waals surface area contributed by atoms with Crippen molar-refractivity contribution in [2.75, 3.05) is 0 Å². The summed E-state index contributed by atoms with van der Waals surface area (Å²) < 4.78 is 6.12. The summed E-state index contributed by atoms with van der Waals surface area (Å²) >= 11 is 0. The number of nitrogens with two attached hydrogens (primary N) is 1. The van der Waals surface area contributed by atoms with Crippen molar-refractivity contribution in [2.45, 2.75) is 46.6 Å². The van der Waals surface area contributed by atoms with Crippen molar-refractivity contribution in [2.24, 2.45) is 0 Å². The molecule has 0 aliphatic carbocycles. The highest BCUT2D eigenvalue weighted by atomic mass is 16.5. The molecule has 4 nitrogen and oxygen atoms in total. The molecular formula is C26H31N2O2+. The molecule has 0 bridgehead atoms. The molecule has 0 radical (unpaired) electrons. The zero-order valence-electron chi connectivity index (χ0n) is 18.4. The van der Waals surface area contributed by atoms with E-state index in [2.05, 4.69) is 45.9 Å². The molecule has 0 spiro atoms. The molecule has 0 fully saturated rings. The second kappa shape index (κ2) is 9.24. The van der Waals surface area contributed by atoms with E-state index in [1.54, 1.807) is 0 Å². The number of rotatable bonds is 6. The van der Waals surface area contributed by atoms with E-state index in [9.17, 15) is 5.21 Å². The first-order chi connectivity index (χ1) is 14.3. The average molecular weight is 404 g/mol. The first-order valence-electron chi connectivity index (χ1n) is 10.3. The van der Waals surface area contributed by atoms with Crippen LogP contribution < -0.4 is 10.2 Å². The van der Waals surface area contributed by atoms with Crippen molar-refractivity contribution in [3.8, 4) is 17.0 Å². The van der Waals surface area contributed by atoms with Gasteiger partial charge in [-0.25, -0.2) is 10.2 Å². The average Bonchev–Trinajstić information content (AvgIpc) is 2.72. The smallest absolute Gasteiger partial charge is 0.230 e. The van der Waals surface area contributed by atoms with Gasteiger partial charge < -0.3 is 4.74 Å². The van der Waals surface area contributed by atoms with Crippen LogP contribution in [0.1, 0.15) is 50.1 Å². The minimum absolute atomic E-state index is 0.0898. The number of quaternary nitrogens is 1. The molecule has 1 aromatic heterocycles. The van der Waals surface area contributed by atoms with Gasteiger partial charge in [-0.15, -0.1) is 0 Å². The molecule has 4 heteroatoms. The standard InChI is InChI=1S/C26H30N2O2/c1-6-10-22-25(28-29)24(30-17-19-11-8-7-9-12-19)16-23(27-22)21-14-13-20(15-18(21)2)26(3,4)5/h6-16,28-29H,17H2,1-5H3/p+1/b10-6-.